The summed E-state index contributed by atoms with van der Waals surface area (Å²) in [7, 11) is 4.13. The van der Waals surface area contributed by atoms with Crippen molar-refractivity contribution in [1.29, 1.82) is 0 Å². The predicted molar refractivity (Wildman–Crippen MR) is 66.9 cm³/mol. The molecular formula is C12H18N2OS. The van der Waals surface area contributed by atoms with Crippen LogP contribution >= 0.6 is 11.3 Å². The number of piperazine rings is 1. The molecule has 4 heteroatoms. The average molecular weight is 238 g/mol. The minimum atomic E-state index is 0.0702. The van der Waals surface area contributed by atoms with Gasteiger partial charge in [0.2, 0.25) is 0 Å². The molecule has 0 radical (unpaired) electrons. The minimum absolute atomic E-state index is 0.0702. The second-order valence-electron chi connectivity index (χ2n) is 4.48. The molecule has 0 amide bonds. The molecule has 0 saturated carbocycles. The quantitative estimate of drug-likeness (QED) is 0.788. The maximum absolute atomic E-state index is 12.2. The number of carbonyl (C=O) groups excluding carboxylic acids is 1. The number of thiophene rings is 1. The van der Waals surface area contributed by atoms with E-state index in [0.717, 1.165) is 19.6 Å². The van der Waals surface area contributed by atoms with E-state index in [0.29, 0.717) is 12.2 Å². The Kier molecular flexibility index (Phi) is 3.74. The van der Waals surface area contributed by atoms with Gasteiger partial charge in [0.1, 0.15) is 0 Å². The van der Waals surface area contributed by atoms with E-state index in [9.17, 15) is 4.79 Å². The Morgan fingerprint density at radius 3 is 3.00 bits per heavy atom. The lowest BCUT2D eigenvalue weighted by Crippen LogP contribution is -2.53. The number of likely N-dealkylation sites (N-methyl/N-ethyl adjacent to an activating group) is 2. The van der Waals surface area contributed by atoms with Crippen LogP contribution in [-0.2, 0) is 11.2 Å². The summed E-state index contributed by atoms with van der Waals surface area (Å²) in [6.07, 6.45) is 0.584. The van der Waals surface area contributed by atoms with Gasteiger partial charge in [-0.15, -0.1) is 11.3 Å². The van der Waals surface area contributed by atoms with E-state index in [1.54, 1.807) is 11.3 Å². The van der Waals surface area contributed by atoms with E-state index < -0.39 is 0 Å². The van der Waals surface area contributed by atoms with Gasteiger partial charge in [-0.05, 0) is 25.5 Å². The molecule has 3 nitrogen and oxygen atoms in total. The molecule has 0 spiro atoms. The number of ketones is 1. The van der Waals surface area contributed by atoms with Gasteiger partial charge in [-0.1, -0.05) is 6.07 Å². The molecule has 1 atom stereocenters. The molecule has 1 aromatic heterocycles. The van der Waals surface area contributed by atoms with E-state index in [1.165, 1.54) is 4.88 Å². The van der Waals surface area contributed by atoms with E-state index in [4.69, 9.17) is 0 Å². The predicted octanol–water partition coefficient (Wildman–Crippen LogP) is 1.11. The third-order valence-corrected chi connectivity index (χ3v) is 4.03. The highest BCUT2D eigenvalue weighted by Crippen LogP contribution is 2.14. The lowest BCUT2D eigenvalue weighted by atomic mass is 10.1. The smallest absolute Gasteiger partial charge is 0.156 e. The monoisotopic (exact) mass is 238 g/mol. The molecule has 0 bridgehead atoms. The largest absolute Gasteiger partial charge is 0.303 e. The van der Waals surface area contributed by atoms with E-state index in [-0.39, 0.29) is 6.04 Å². The van der Waals surface area contributed by atoms with Gasteiger partial charge >= 0.3 is 0 Å². The molecule has 1 aliphatic heterocycles. The van der Waals surface area contributed by atoms with E-state index in [2.05, 4.69) is 16.8 Å². The van der Waals surface area contributed by atoms with Crippen LogP contribution in [0.25, 0.3) is 0 Å². The van der Waals surface area contributed by atoms with Crippen molar-refractivity contribution < 1.29 is 4.79 Å². The standard InChI is InChI=1S/C12H18N2OS/c1-13-5-6-14(2)11(9-13)12(15)8-10-4-3-7-16-10/h3-4,7,11H,5-6,8-9H2,1-2H3. The van der Waals surface area contributed by atoms with Gasteiger partial charge in [-0.2, -0.15) is 0 Å². The fourth-order valence-corrected chi connectivity index (χ4v) is 2.78. The SMILES string of the molecule is CN1CCN(C)C(C(=O)Cc2cccs2)C1. The summed E-state index contributed by atoms with van der Waals surface area (Å²) in [5, 5.41) is 2.03. The highest BCUT2D eigenvalue weighted by atomic mass is 32.1. The molecular weight excluding hydrogens is 220 g/mol. The average Bonchev–Trinajstić information content (AvgIpc) is 2.74. The van der Waals surface area contributed by atoms with Crippen LogP contribution in [0, 0.1) is 0 Å². The number of carbonyl (C=O) groups is 1. The zero-order chi connectivity index (χ0) is 11.5. The first kappa shape index (κ1) is 11.8. The van der Waals surface area contributed by atoms with Crippen LogP contribution in [0.4, 0.5) is 0 Å². The summed E-state index contributed by atoms with van der Waals surface area (Å²) in [5.41, 5.74) is 0. The molecule has 88 valence electrons. The van der Waals surface area contributed by atoms with Gasteiger partial charge in [0.25, 0.3) is 0 Å². The molecule has 1 fully saturated rings. The van der Waals surface area contributed by atoms with E-state index >= 15 is 0 Å². The molecule has 2 heterocycles. The summed E-state index contributed by atoms with van der Waals surface area (Å²) >= 11 is 1.66. The summed E-state index contributed by atoms with van der Waals surface area (Å²) in [6, 6.07) is 4.11. The molecule has 0 aromatic carbocycles. The molecule has 0 N–H and O–H groups in total. The molecule has 1 aliphatic rings. The second-order valence-corrected chi connectivity index (χ2v) is 5.51. The number of hydrogen-bond donors (Lipinski definition) is 0. The fourth-order valence-electron chi connectivity index (χ4n) is 2.06. The Hall–Kier alpha value is -0.710. The number of Topliss-reactive ketones (excluding diaryl/α,β-unsaturated/α-hetero) is 1. The minimum Gasteiger partial charge on any atom is -0.303 e. The van der Waals surface area contributed by atoms with Crippen molar-refractivity contribution in [1.82, 2.24) is 9.80 Å². The maximum Gasteiger partial charge on any atom is 0.156 e. The molecule has 1 unspecified atom stereocenters. The Balaban J connectivity index is 1.97. The molecule has 0 aliphatic carbocycles. The van der Waals surface area contributed by atoms with Crippen LogP contribution < -0.4 is 0 Å². The lowest BCUT2D eigenvalue weighted by molar-refractivity contribution is -0.125. The van der Waals surface area contributed by atoms with Crippen molar-refractivity contribution in [3.8, 4) is 0 Å². The van der Waals surface area contributed by atoms with Gasteiger partial charge in [-0.3, -0.25) is 9.69 Å². The zero-order valence-corrected chi connectivity index (χ0v) is 10.7. The maximum atomic E-state index is 12.2. The molecule has 16 heavy (non-hydrogen) atoms. The summed E-state index contributed by atoms with van der Waals surface area (Å²) < 4.78 is 0. The fraction of sp³-hybridized carbons (Fsp3) is 0.583. The van der Waals surface area contributed by atoms with Crippen molar-refractivity contribution >= 4 is 17.1 Å². The van der Waals surface area contributed by atoms with Crippen molar-refractivity contribution in [3.05, 3.63) is 22.4 Å². The van der Waals surface area contributed by atoms with Crippen LogP contribution in [0.1, 0.15) is 4.88 Å². The van der Waals surface area contributed by atoms with Gasteiger partial charge < -0.3 is 4.90 Å². The Morgan fingerprint density at radius 2 is 2.31 bits per heavy atom. The van der Waals surface area contributed by atoms with Crippen LogP contribution in [0.5, 0.6) is 0 Å². The van der Waals surface area contributed by atoms with Gasteiger partial charge in [-0.25, -0.2) is 0 Å². The topological polar surface area (TPSA) is 23.6 Å². The highest BCUT2D eigenvalue weighted by Gasteiger charge is 2.28. The number of hydrogen-bond acceptors (Lipinski definition) is 4. The second kappa shape index (κ2) is 5.08. The van der Waals surface area contributed by atoms with Crippen LogP contribution in [0.15, 0.2) is 17.5 Å². The highest BCUT2D eigenvalue weighted by molar-refractivity contribution is 7.10. The van der Waals surface area contributed by atoms with Crippen LogP contribution in [0.2, 0.25) is 0 Å². The van der Waals surface area contributed by atoms with Gasteiger partial charge in [0.15, 0.2) is 5.78 Å². The lowest BCUT2D eigenvalue weighted by Gasteiger charge is -2.36. The van der Waals surface area contributed by atoms with Crippen molar-refractivity contribution in [2.24, 2.45) is 0 Å². The summed E-state index contributed by atoms with van der Waals surface area (Å²) in [6.45, 7) is 2.90. The molecule has 1 saturated heterocycles. The summed E-state index contributed by atoms with van der Waals surface area (Å²) in [5.74, 6) is 0.344. The van der Waals surface area contributed by atoms with Crippen molar-refractivity contribution in [2.45, 2.75) is 12.5 Å². The Morgan fingerprint density at radius 1 is 1.50 bits per heavy atom. The Labute approximate surface area is 101 Å². The Bertz CT molecular complexity index is 350. The third-order valence-electron chi connectivity index (χ3n) is 3.15. The number of rotatable bonds is 3. The molecule has 2 rings (SSSR count). The first-order valence-corrected chi connectivity index (χ1v) is 6.48. The summed E-state index contributed by atoms with van der Waals surface area (Å²) in [4.78, 5) is 17.7. The van der Waals surface area contributed by atoms with Crippen molar-refractivity contribution in [3.63, 3.8) is 0 Å². The van der Waals surface area contributed by atoms with Crippen LogP contribution in [-0.4, -0.2) is 55.4 Å². The van der Waals surface area contributed by atoms with Crippen LogP contribution in [0.3, 0.4) is 0 Å². The zero-order valence-electron chi connectivity index (χ0n) is 9.85. The van der Waals surface area contributed by atoms with E-state index in [1.807, 2.05) is 24.6 Å². The van der Waals surface area contributed by atoms with Gasteiger partial charge in [0.05, 0.1) is 6.04 Å². The normalized spacial score (nSPS) is 23.5. The van der Waals surface area contributed by atoms with Gasteiger partial charge in [0, 0.05) is 30.9 Å². The molecule has 1 aromatic rings. The first-order valence-electron chi connectivity index (χ1n) is 5.60. The first-order chi connectivity index (χ1) is 7.66. The van der Waals surface area contributed by atoms with Crippen molar-refractivity contribution in [2.75, 3.05) is 33.7 Å². The number of nitrogens with zero attached hydrogens (tertiary/aromatic N) is 2. The third kappa shape index (κ3) is 2.70.